The molecule has 3 aromatic heterocycles. The summed E-state index contributed by atoms with van der Waals surface area (Å²) in [5.74, 6) is 0.434. The fourth-order valence-corrected chi connectivity index (χ4v) is 4.20. The Morgan fingerprint density at radius 2 is 2.03 bits per heavy atom. The van der Waals surface area contributed by atoms with Crippen LogP contribution in [-0.2, 0) is 4.79 Å². The van der Waals surface area contributed by atoms with E-state index in [1.165, 1.54) is 23.5 Å². The number of nitrogens with one attached hydrogen (secondary N) is 2. The van der Waals surface area contributed by atoms with Gasteiger partial charge in [-0.25, -0.2) is 9.07 Å². The second kappa shape index (κ2) is 7.77. The number of aromatic nitrogens is 4. The molecule has 1 aliphatic rings. The van der Waals surface area contributed by atoms with Crippen LogP contribution < -0.4 is 10.6 Å². The maximum atomic E-state index is 13.6. The molecule has 1 aliphatic heterocycles. The van der Waals surface area contributed by atoms with Crippen LogP contribution >= 0.6 is 11.3 Å². The van der Waals surface area contributed by atoms with Crippen molar-refractivity contribution in [1.29, 1.82) is 0 Å². The van der Waals surface area contributed by atoms with Crippen LogP contribution in [0.2, 0.25) is 0 Å². The third kappa shape index (κ3) is 3.59. The fraction of sp³-hybridized carbons (Fsp3) is 0.0909. The Labute approximate surface area is 181 Å². The maximum Gasteiger partial charge on any atom is 0.255 e. The molecule has 0 saturated carbocycles. The highest BCUT2D eigenvalue weighted by atomic mass is 32.1. The zero-order chi connectivity index (χ0) is 21.4. The number of hydrogen-bond donors (Lipinski definition) is 2. The van der Waals surface area contributed by atoms with E-state index in [-0.39, 0.29) is 11.7 Å². The van der Waals surface area contributed by atoms with Gasteiger partial charge < -0.3 is 10.6 Å². The summed E-state index contributed by atoms with van der Waals surface area (Å²) in [4.78, 5) is 22.9. The molecule has 7 nitrogen and oxygen atoms in total. The molecule has 1 aromatic carbocycles. The topological polar surface area (TPSA) is 84.7 Å². The second-order valence-corrected chi connectivity index (χ2v) is 7.94. The van der Waals surface area contributed by atoms with Crippen LogP contribution in [0.25, 0.3) is 10.7 Å². The molecule has 4 heterocycles. The third-order valence-electron chi connectivity index (χ3n) is 4.94. The number of thiophene rings is 1. The van der Waals surface area contributed by atoms with E-state index in [2.05, 4.69) is 25.7 Å². The van der Waals surface area contributed by atoms with E-state index in [1.807, 2.05) is 24.4 Å². The molecule has 2 N–H and O–H groups in total. The average Bonchev–Trinajstić information content (AvgIpc) is 3.44. The lowest BCUT2D eigenvalue weighted by Gasteiger charge is -2.28. The molecule has 0 saturated heterocycles. The van der Waals surface area contributed by atoms with Gasteiger partial charge in [-0.1, -0.05) is 18.2 Å². The number of hydrogen-bond acceptors (Lipinski definition) is 6. The van der Waals surface area contributed by atoms with Gasteiger partial charge in [-0.3, -0.25) is 9.78 Å². The maximum absolute atomic E-state index is 13.6. The van der Waals surface area contributed by atoms with Crippen LogP contribution in [0.3, 0.4) is 0 Å². The zero-order valence-corrected chi connectivity index (χ0v) is 17.2. The van der Waals surface area contributed by atoms with E-state index >= 15 is 0 Å². The Morgan fingerprint density at radius 1 is 1.19 bits per heavy atom. The lowest BCUT2D eigenvalue weighted by molar-refractivity contribution is -0.113. The highest BCUT2D eigenvalue weighted by Gasteiger charge is 2.34. The summed E-state index contributed by atoms with van der Waals surface area (Å²) < 4.78 is 15.3. The number of fused-ring (bicyclic) bond motifs is 1. The predicted molar refractivity (Wildman–Crippen MR) is 117 cm³/mol. The Balaban J connectivity index is 1.60. The third-order valence-corrected chi connectivity index (χ3v) is 5.81. The summed E-state index contributed by atoms with van der Waals surface area (Å²) in [5.41, 5.74) is 2.41. The quantitative estimate of drug-likeness (QED) is 0.497. The number of nitrogens with zero attached hydrogens (tertiary/aromatic N) is 4. The van der Waals surface area contributed by atoms with Crippen molar-refractivity contribution >= 4 is 28.9 Å². The molecule has 0 fully saturated rings. The van der Waals surface area contributed by atoms with Gasteiger partial charge in [0, 0.05) is 11.9 Å². The lowest BCUT2D eigenvalue weighted by atomic mass is 9.95. The molecule has 1 unspecified atom stereocenters. The predicted octanol–water partition coefficient (Wildman–Crippen LogP) is 4.47. The van der Waals surface area contributed by atoms with Crippen LogP contribution in [0, 0.1) is 5.82 Å². The number of carbonyl (C=O) groups excluding carboxylic acids is 1. The summed E-state index contributed by atoms with van der Waals surface area (Å²) in [6, 6.07) is 12.9. The molecular weight excluding hydrogens is 415 g/mol. The molecule has 31 heavy (non-hydrogen) atoms. The monoisotopic (exact) mass is 432 g/mol. The van der Waals surface area contributed by atoms with Gasteiger partial charge in [0.05, 0.1) is 22.3 Å². The Morgan fingerprint density at radius 3 is 2.74 bits per heavy atom. The number of carbonyl (C=O) groups is 1. The summed E-state index contributed by atoms with van der Waals surface area (Å²) in [7, 11) is 0. The van der Waals surface area contributed by atoms with Crippen molar-refractivity contribution in [2.75, 3.05) is 10.6 Å². The van der Waals surface area contributed by atoms with Crippen molar-refractivity contribution < 1.29 is 9.18 Å². The lowest BCUT2D eigenvalue weighted by Crippen LogP contribution is -2.31. The van der Waals surface area contributed by atoms with E-state index in [4.69, 9.17) is 0 Å². The van der Waals surface area contributed by atoms with Crippen LogP contribution in [-0.4, -0.2) is 25.7 Å². The molecule has 1 atom stereocenters. The van der Waals surface area contributed by atoms with Gasteiger partial charge in [-0.15, -0.1) is 16.4 Å². The normalized spacial score (nSPS) is 15.4. The highest BCUT2D eigenvalue weighted by Crippen LogP contribution is 2.37. The summed E-state index contributed by atoms with van der Waals surface area (Å²) in [6.07, 6.45) is 3.21. The standard InChI is InChI=1S/C22H17FN6OS/c1-13-18(21(30)26-16-4-2-10-24-12-16)19(14-6-8-15(23)9-7-14)29-22(25-13)27-20(28-29)17-5-3-11-31-17/h2-12,19H,1H3,(H,26,30)(H,25,27,28). The van der Waals surface area contributed by atoms with Crippen LogP contribution in [0.4, 0.5) is 16.0 Å². The Kier molecular flexibility index (Phi) is 4.79. The summed E-state index contributed by atoms with van der Waals surface area (Å²) in [6.45, 7) is 1.82. The minimum absolute atomic E-state index is 0.300. The van der Waals surface area contributed by atoms with Crippen LogP contribution in [0.15, 0.2) is 77.6 Å². The molecule has 0 aliphatic carbocycles. The first-order valence-corrected chi connectivity index (χ1v) is 10.4. The van der Waals surface area contributed by atoms with Crippen molar-refractivity contribution in [2.24, 2.45) is 0 Å². The van der Waals surface area contributed by atoms with E-state index in [1.54, 1.807) is 41.3 Å². The van der Waals surface area contributed by atoms with Crippen LogP contribution in [0.1, 0.15) is 18.5 Å². The van der Waals surface area contributed by atoms with E-state index in [0.29, 0.717) is 28.7 Å². The van der Waals surface area contributed by atoms with Gasteiger partial charge in [-0.2, -0.15) is 4.98 Å². The first-order valence-electron chi connectivity index (χ1n) is 9.55. The zero-order valence-electron chi connectivity index (χ0n) is 16.4. The molecule has 1 amide bonds. The number of anilines is 2. The van der Waals surface area contributed by atoms with Crippen molar-refractivity contribution in [3.05, 3.63) is 89.0 Å². The fourth-order valence-electron chi connectivity index (χ4n) is 3.54. The van der Waals surface area contributed by atoms with Crippen molar-refractivity contribution in [2.45, 2.75) is 13.0 Å². The average molecular weight is 432 g/mol. The minimum atomic E-state index is -0.574. The molecule has 154 valence electrons. The van der Waals surface area contributed by atoms with E-state index < -0.39 is 6.04 Å². The molecule has 0 bridgehead atoms. The molecule has 9 heteroatoms. The Hall–Kier alpha value is -3.85. The smallest absolute Gasteiger partial charge is 0.255 e. The first-order chi connectivity index (χ1) is 15.1. The van der Waals surface area contributed by atoms with Crippen molar-refractivity contribution in [3.8, 4) is 10.7 Å². The number of amides is 1. The molecule has 5 rings (SSSR count). The number of rotatable bonds is 4. The minimum Gasteiger partial charge on any atom is -0.328 e. The van der Waals surface area contributed by atoms with E-state index in [0.717, 1.165) is 10.4 Å². The van der Waals surface area contributed by atoms with Gasteiger partial charge in [0.2, 0.25) is 5.95 Å². The van der Waals surface area contributed by atoms with Crippen molar-refractivity contribution in [3.63, 3.8) is 0 Å². The van der Waals surface area contributed by atoms with Gasteiger partial charge in [0.25, 0.3) is 5.91 Å². The molecule has 0 radical (unpaired) electrons. The molecule has 4 aromatic rings. The highest BCUT2D eigenvalue weighted by molar-refractivity contribution is 7.13. The number of allylic oxidation sites excluding steroid dienone is 1. The second-order valence-electron chi connectivity index (χ2n) is 6.99. The molecular formula is C22H17FN6OS. The van der Waals surface area contributed by atoms with Crippen LogP contribution in [0.5, 0.6) is 0 Å². The summed E-state index contributed by atoms with van der Waals surface area (Å²) >= 11 is 1.53. The Bertz CT molecular complexity index is 1270. The number of halogens is 1. The first kappa shape index (κ1) is 19.1. The number of pyridine rings is 1. The van der Waals surface area contributed by atoms with Gasteiger partial charge in [0.1, 0.15) is 11.9 Å². The van der Waals surface area contributed by atoms with E-state index in [9.17, 15) is 9.18 Å². The number of benzene rings is 1. The largest absolute Gasteiger partial charge is 0.328 e. The van der Waals surface area contributed by atoms with Crippen molar-refractivity contribution in [1.82, 2.24) is 19.7 Å². The van der Waals surface area contributed by atoms with Gasteiger partial charge >= 0.3 is 0 Å². The SMILES string of the molecule is CC1=C(C(=O)Nc2cccnc2)C(c2ccc(F)cc2)n2nc(-c3cccs3)nc2N1. The van der Waals surface area contributed by atoms with Gasteiger partial charge in [0.15, 0.2) is 5.82 Å². The molecule has 0 spiro atoms. The summed E-state index contributed by atoms with van der Waals surface area (Å²) in [5, 5.41) is 12.7. The van der Waals surface area contributed by atoms with Gasteiger partial charge in [-0.05, 0) is 48.2 Å².